The summed E-state index contributed by atoms with van der Waals surface area (Å²) in [4.78, 5) is 24.8. The minimum Gasteiger partial charge on any atom is -0.508 e. The number of aliphatic hydroxyl groups is 3. The normalized spacial score (nSPS) is 24.6. The Morgan fingerprint density at radius 3 is 2.35 bits per heavy atom. The molecule has 12 heteroatoms. The van der Waals surface area contributed by atoms with Gasteiger partial charge < -0.3 is 49.3 Å². The first-order chi connectivity index (χ1) is 16.1. The Bertz CT molecular complexity index is 1300. The monoisotopic (exact) mass is 476 g/mol. The minimum atomic E-state index is -1.85. The first-order valence-corrected chi connectivity index (χ1v) is 9.88. The van der Waals surface area contributed by atoms with E-state index >= 15 is 0 Å². The zero-order valence-corrected chi connectivity index (χ0v) is 17.5. The summed E-state index contributed by atoms with van der Waals surface area (Å²) in [6.45, 7) is 0. The maximum absolute atomic E-state index is 12.9. The Hall–Kier alpha value is -3.84. The molecule has 0 saturated carbocycles. The Kier molecular flexibility index (Phi) is 6.06. The van der Waals surface area contributed by atoms with Gasteiger partial charge in [0, 0.05) is 23.8 Å². The Labute approximate surface area is 190 Å². The molecule has 0 spiro atoms. The van der Waals surface area contributed by atoms with E-state index in [1.165, 1.54) is 18.2 Å². The molecule has 2 heterocycles. The number of carbonyl (C=O) groups is 1. The summed E-state index contributed by atoms with van der Waals surface area (Å²) in [5.41, 5.74) is -0.529. The molecule has 180 valence electrons. The first-order valence-electron chi connectivity index (χ1n) is 9.88. The van der Waals surface area contributed by atoms with Gasteiger partial charge in [0.2, 0.25) is 6.29 Å². The van der Waals surface area contributed by atoms with Gasteiger partial charge in [-0.1, -0.05) is 0 Å². The summed E-state index contributed by atoms with van der Waals surface area (Å²) in [6.07, 6.45) is -8.92. The van der Waals surface area contributed by atoms with E-state index in [1.807, 2.05) is 0 Å². The molecule has 1 saturated heterocycles. The zero-order valence-electron chi connectivity index (χ0n) is 17.5. The van der Waals surface area contributed by atoms with Gasteiger partial charge in [-0.3, -0.25) is 4.79 Å². The number of hydrogen-bond donors (Lipinski definition) is 6. The number of fused-ring (bicyclic) bond motifs is 1. The topological polar surface area (TPSA) is 196 Å². The number of esters is 1. The molecule has 5 atom stereocenters. The van der Waals surface area contributed by atoms with Crippen LogP contribution in [-0.4, -0.2) is 74.4 Å². The molecule has 1 aromatic heterocycles. The minimum absolute atomic E-state index is 0.00241. The standard InChI is InChI=1S/C22H20O12/c1-31-21(30)20-18(28)17(27)19(29)22(34-20)33-15-6-9(23)5-14-16(15)12(26)7-13(32-14)8-2-3-10(24)11(25)4-8/h2-7,17-20,22-25,27-29H,1H3. The first kappa shape index (κ1) is 23.3. The van der Waals surface area contributed by atoms with Crippen LogP contribution < -0.4 is 10.2 Å². The smallest absolute Gasteiger partial charge is 0.337 e. The molecule has 2 aromatic carbocycles. The van der Waals surface area contributed by atoms with E-state index in [-0.39, 0.29) is 33.8 Å². The highest BCUT2D eigenvalue weighted by molar-refractivity contribution is 5.86. The number of methoxy groups -OCH3 is 1. The van der Waals surface area contributed by atoms with Crippen molar-refractivity contribution >= 4 is 16.9 Å². The molecular formula is C22H20O12. The molecule has 0 aliphatic carbocycles. The van der Waals surface area contributed by atoms with Crippen molar-refractivity contribution < 1.29 is 54.1 Å². The van der Waals surface area contributed by atoms with E-state index in [1.54, 1.807) is 0 Å². The number of benzene rings is 2. The highest BCUT2D eigenvalue weighted by Gasteiger charge is 2.48. The molecule has 4 rings (SSSR count). The lowest BCUT2D eigenvalue weighted by atomic mass is 9.99. The number of phenolic OH excluding ortho intramolecular Hbond substituents is 3. The van der Waals surface area contributed by atoms with E-state index in [4.69, 9.17) is 13.9 Å². The number of carbonyl (C=O) groups excluding carboxylic acids is 1. The van der Waals surface area contributed by atoms with Gasteiger partial charge in [-0.05, 0) is 18.2 Å². The molecule has 3 aromatic rings. The average Bonchev–Trinajstić information content (AvgIpc) is 2.80. The molecule has 0 radical (unpaired) electrons. The SMILES string of the molecule is COC(=O)C1OC(Oc2cc(O)cc3oc(-c4ccc(O)c(O)c4)cc(=O)c23)C(O)C(O)C1O. The lowest BCUT2D eigenvalue weighted by molar-refractivity contribution is -0.271. The molecule has 5 unspecified atom stereocenters. The average molecular weight is 476 g/mol. The molecule has 6 N–H and O–H groups in total. The number of phenols is 3. The third-order valence-corrected chi connectivity index (χ3v) is 5.29. The van der Waals surface area contributed by atoms with Gasteiger partial charge in [-0.15, -0.1) is 0 Å². The number of aliphatic hydroxyl groups excluding tert-OH is 3. The zero-order chi connectivity index (χ0) is 24.7. The molecule has 0 amide bonds. The summed E-state index contributed by atoms with van der Waals surface area (Å²) >= 11 is 0. The van der Waals surface area contributed by atoms with E-state index in [0.717, 1.165) is 25.3 Å². The Balaban J connectivity index is 1.75. The van der Waals surface area contributed by atoms with Crippen LogP contribution in [0.5, 0.6) is 23.0 Å². The van der Waals surface area contributed by atoms with Crippen molar-refractivity contribution in [2.24, 2.45) is 0 Å². The van der Waals surface area contributed by atoms with E-state index in [9.17, 15) is 40.2 Å². The molecule has 1 fully saturated rings. The highest BCUT2D eigenvalue weighted by Crippen LogP contribution is 2.35. The molecular weight excluding hydrogens is 456 g/mol. The van der Waals surface area contributed by atoms with Crippen molar-refractivity contribution in [3.8, 4) is 34.3 Å². The van der Waals surface area contributed by atoms with Crippen molar-refractivity contribution in [3.05, 3.63) is 46.6 Å². The van der Waals surface area contributed by atoms with Gasteiger partial charge in [0.05, 0.1) is 7.11 Å². The predicted molar refractivity (Wildman–Crippen MR) is 112 cm³/mol. The number of aromatic hydroxyl groups is 3. The highest BCUT2D eigenvalue weighted by atomic mass is 16.7. The number of rotatable bonds is 4. The van der Waals surface area contributed by atoms with E-state index in [2.05, 4.69) is 4.74 Å². The van der Waals surface area contributed by atoms with Gasteiger partial charge in [0.1, 0.15) is 46.5 Å². The Morgan fingerprint density at radius 2 is 1.68 bits per heavy atom. The molecule has 1 aliphatic rings. The van der Waals surface area contributed by atoms with Crippen LogP contribution in [0, 0.1) is 0 Å². The van der Waals surface area contributed by atoms with Gasteiger partial charge in [-0.2, -0.15) is 0 Å². The predicted octanol–water partition coefficient (Wildman–Crippen LogP) is -0.0638. The Morgan fingerprint density at radius 1 is 0.941 bits per heavy atom. The third kappa shape index (κ3) is 4.10. The summed E-state index contributed by atoms with van der Waals surface area (Å²) in [6, 6.07) is 7.00. The van der Waals surface area contributed by atoms with Gasteiger partial charge >= 0.3 is 5.97 Å². The van der Waals surface area contributed by atoms with Crippen molar-refractivity contribution in [2.75, 3.05) is 7.11 Å². The quantitative estimate of drug-likeness (QED) is 0.217. The second-order valence-corrected chi connectivity index (χ2v) is 7.53. The van der Waals surface area contributed by atoms with Crippen LogP contribution in [-0.2, 0) is 14.3 Å². The molecule has 34 heavy (non-hydrogen) atoms. The summed E-state index contributed by atoms with van der Waals surface area (Å²) in [5, 5.41) is 59.5. The number of hydrogen-bond acceptors (Lipinski definition) is 12. The fourth-order valence-electron chi connectivity index (χ4n) is 3.53. The van der Waals surface area contributed by atoms with Crippen LogP contribution in [0.25, 0.3) is 22.3 Å². The third-order valence-electron chi connectivity index (χ3n) is 5.29. The van der Waals surface area contributed by atoms with Crippen LogP contribution in [0.2, 0.25) is 0 Å². The molecule has 0 bridgehead atoms. The van der Waals surface area contributed by atoms with Crippen LogP contribution in [0.1, 0.15) is 0 Å². The maximum Gasteiger partial charge on any atom is 0.337 e. The van der Waals surface area contributed by atoms with Crippen LogP contribution in [0.3, 0.4) is 0 Å². The number of ether oxygens (including phenoxy) is 3. The van der Waals surface area contributed by atoms with Crippen molar-refractivity contribution in [2.45, 2.75) is 30.7 Å². The van der Waals surface area contributed by atoms with E-state index < -0.39 is 53.6 Å². The summed E-state index contributed by atoms with van der Waals surface area (Å²) < 4.78 is 21.0. The van der Waals surface area contributed by atoms with Crippen LogP contribution in [0.4, 0.5) is 0 Å². The van der Waals surface area contributed by atoms with Crippen molar-refractivity contribution in [3.63, 3.8) is 0 Å². The molecule has 12 nitrogen and oxygen atoms in total. The fraction of sp³-hybridized carbons (Fsp3) is 0.273. The summed E-state index contributed by atoms with van der Waals surface area (Å²) in [7, 11) is 1.03. The second-order valence-electron chi connectivity index (χ2n) is 7.53. The van der Waals surface area contributed by atoms with Crippen LogP contribution in [0.15, 0.2) is 45.6 Å². The maximum atomic E-state index is 12.9. The largest absolute Gasteiger partial charge is 0.508 e. The second kappa shape index (κ2) is 8.83. The summed E-state index contributed by atoms with van der Waals surface area (Å²) in [5.74, 6) is -2.54. The van der Waals surface area contributed by atoms with E-state index in [0.29, 0.717) is 0 Å². The van der Waals surface area contributed by atoms with Gasteiger partial charge in [0.25, 0.3) is 0 Å². The van der Waals surface area contributed by atoms with Crippen molar-refractivity contribution in [1.29, 1.82) is 0 Å². The van der Waals surface area contributed by atoms with Gasteiger partial charge in [0.15, 0.2) is 23.0 Å². The lowest BCUT2D eigenvalue weighted by Crippen LogP contribution is -2.61. The molecule has 1 aliphatic heterocycles. The van der Waals surface area contributed by atoms with Crippen LogP contribution >= 0.6 is 0 Å². The lowest BCUT2D eigenvalue weighted by Gasteiger charge is -2.38. The fourth-order valence-corrected chi connectivity index (χ4v) is 3.53. The van der Waals surface area contributed by atoms with Gasteiger partial charge in [-0.25, -0.2) is 4.79 Å². The van der Waals surface area contributed by atoms with Crippen molar-refractivity contribution in [1.82, 2.24) is 0 Å².